The molecule has 2 aromatic heterocycles. The zero-order valence-corrected chi connectivity index (χ0v) is 21.2. The topological polar surface area (TPSA) is 102 Å². The van der Waals surface area contributed by atoms with Gasteiger partial charge < -0.3 is 14.4 Å². The molecule has 3 heterocycles. The molecular weight excluding hydrogens is 444 g/mol. The molecule has 0 radical (unpaired) electrons. The Morgan fingerprint density at radius 1 is 1.20 bits per heavy atom. The summed E-state index contributed by atoms with van der Waals surface area (Å²) in [6.45, 7) is 13.0. The first-order valence-corrected chi connectivity index (χ1v) is 12.3. The quantitative estimate of drug-likeness (QED) is 0.452. The van der Waals surface area contributed by atoms with E-state index in [2.05, 4.69) is 47.7 Å². The second kappa shape index (κ2) is 10.6. The summed E-state index contributed by atoms with van der Waals surface area (Å²) < 4.78 is 11.7. The van der Waals surface area contributed by atoms with Crippen molar-refractivity contribution in [3.63, 3.8) is 0 Å². The Hall–Kier alpha value is -3.26. The van der Waals surface area contributed by atoms with Crippen molar-refractivity contribution < 1.29 is 19.2 Å². The number of likely N-dealkylation sites (tertiary alicyclic amines) is 1. The van der Waals surface area contributed by atoms with Crippen molar-refractivity contribution in [3.8, 4) is 28.7 Å². The molecule has 8 heteroatoms. The van der Waals surface area contributed by atoms with Crippen LogP contribution < -0.4 is 4.74 Å². The minimum Gasteiger partial charge on any atom is -0.492 e. The summed E-state index contributed by atoms with van der Waals surface area (Å²) in [7, 11) is 0. The molecule has 35 heavy (non-hydrogen) atoms. The smallest absolute Gasteiger partial charge is 0.309 e. The molecule has 3 aromatic rings. The van der Waals surface area contributed by atoms with Gasteiger partial charge in [0.2, 0.25) is 5.82 Å². The Labute approximate surface area is 206 Å². The lowest BCUT2D eigenvalue weighted by Gasteiger charge is -2.36. The Balaban J connectivity index is 1.46. The predicted molar refractivity (Wildman–Crippen MR) is 133 cm³/mol. The van der Waals surface area contributed by atoms with E-state index in [4.69, 9.17) is 14.4 Å². The fraction of sp³-hybridized carbons (Fsp3) is 0.481. The van der Waals surface area contributed by atoms with E-state index in [0.29, 0.717) is 49.6 Å². The summed E-state index contributed by atoms with van der Waals surface area (Å²) in [4.78, 5) is 22.2. The van der Waals surface area contributed by atoms with Crippen molar-refractivity contribution in [1.29, 1.82) is 0 Å². The molecule has 1 aromatic carbocycles. The molecule has 186 valence electrons. The van der Waals surface area contributed by atoms with Crippen LogP contribution in [-0.2, 0) is 17.6 Å². The van der Waals surface area contributed by atoms with Gasteiger partial charge in [0.1, 0.15) is 18.1 Å². The van der Waals surface area contributed by atoms with E-state index in [-0.39, 0.29) is 5.92 Å². The van der Waals surface area contributed by atoms with Crippen LogP contribution in [0.25, 0.3) is 23.0 Å². The normalized spacial score (nSPS) is 14.3. The highest BCUT2D eigenvalue weighted by Crippen LogP contribution is 2.31. The van der Waals surface area contributed by atoms with Gasteiger partial charge in [-0.1, -0.05) is 25.9 Å². The number of benzene rings is 1. The number of carbonyl (C=O) groups is 1. The van der Waals surface area contributed by atoms with Crippen LogP contribution in [0.3, 0.4) is 0 Å². The highest BCUT2D eigenvalue weighted by atomic mass is 16.5. The van der Waals surface area contributed by atoms with Crippen LogP contribution in [0.5, 0.6) is 5.75 Å². The van der Waals surface area contributed by atoms with Crippen LogP contribution >= 0.6 is 0 Å². The summed E-state index contributed by atoms with van der Waals surface area (Å²) in [6, 6.07) is 6.06. The fourth-order valence-electron chi connectivity index (χ4n) is 4.43. The average molecular weight is 479 g/mol. The van der Waals surface area contributed by atoms with E-state index in [1.807, 2.05) is 31.3 Å². The van der Waals surface area contributed by atoms with Crippen LogP contribution in [-0.4, -0.2) is 57.3 Å². The van der Waals surface area contributed by atoms with Gasteiger partial charge in [0.25, 0.3) is 5.89 Å². The molecule has 0 saturated carbocycles. The minimum atomic E-state index is -0.722. The Bertz CT molecular complexity index is 1200. The van der Waals surface area contributed by atoms with Gasteiger partial charge in [-0.25, -0.2) is 0 Å². The summed E-state index contributed by atoms with van der Waals surface area (Å²) in [6.07, 6.45) is 3.70. The highest BCUT2D eigenvalue weighted by Gasteiger charge is 2.32. The maximum absolute atomic E-state index is 11.0. The third-order valence-electron chi connectivity index (χ3n) is 6.44. The second-order valence-electron chi connectivity index (χ2n) is 9.80. The fourth-order valence-corrected chi connectivity index (χ4v) is 4.43. The van der Waals surface area contributed by atoms with Gasteiger partial charge in [0.15, 0.2) is 0 Å². The SMILES string of the molecule is CCc1cc(-c2noc(-c3cc(C)c(CC(C)C)cn3)n2)cc(C)c1OCCN1CC(C(=O)O)C1. The zero-order chi connectivity index (χ0) is 25.1. The zero-order valence-electron chi connectivity index (χ0n) is 21.2. The number of hydrogen-bond acceptors (Lipinski definition) is 7. The number of ether oxygens (including phenoxy) is 1. The molecule has 8 nitrogen and oxygen atoms in total. The number of carboxylic acids is 1. The Morgan fingerprint density at radius 3 is 2.63 bits per heavy atom. The average Bonchev–Trinajstić information content (AvgIpc) is 3.27. The van der Waals surface area contributed by atoms with Gasteiger partial charge in [-0.2, -0.15) is 4.98 Å². The van der Waals surface area contributed by atoms with Crippen molar-refractivity contribution in [2.75, 3.05) is 26.2 Å². The largest absolute Gasteiger partial charge is 0.492 e. The van der Waals surface area contributed by atoms with Gasteiger partial charge >= 0.3 is 5.97 Å². The summed E-state index contributed by atoms with van der Waals surface area (Å²) in [5.74, 6) is 1.40. The molecule has 4 rings (SSSR count). The lowest BCUT2D eigenvalue weighted by atomic mass is 10.0. The second-order valence-corrected chi connectivity index (χ2v) is 9.80. The van der Waals surface area contributed by atoms with E-state index in [9.17, 15) is 4.79 Å². The molecule has 1 aliphatic heterocycles. The van der Waals surface area contributed by atoms with Crippen LogP contribution in [0.4, 0.5) is 0 Å². The first kappa shape index (κ1) is 24.9. The van der Waals surface area contributed by atoms with Gasteiger partial charge in [0.05, 0.1) is 5.92 Å². The lowest BCUT2D eigenvalue weighted by Crippen LogP contribution is -2.51. The minimum absolute atomic E-state index is 0.251. The maximum Gasteiger partial charge on any atom is 0.309 e. The summed E-state index contributed by atoms with van der Waals surface area (Å²) in [5, 5.41) is 13.2. The third-order valence-corrected chi connectivity index (χ3v) is 6.44. The first-order valence-electron chi connectivity index (χ1n) is 12.3. The highest BCUT2D eigenvalue weighted by molar-refractivity contribution is 5.71. The van der Waals surface area contributed by atoms with E-state index in [1.54, 1.807) is 0 Å². The third kappa shape index (κ3) is 5.70. The van der Waals surface area contributed by atoms with E-state index >= 15 is 0 Å². The number of aliphatic carboxylic acids is 1. The van der Waals surface area contributed by atoms with Gasteiger partial charge in [-0.15, -0.1) is 0 Å². The number of pyridine rings is 1. The number of nitrogens with zero attached hydrogens (tertiary/aromatic N) is 4. The molecule has 1 fully saturated rings. The molecule has 0 spiro atoms. The molecule has 0 unspecified atom stereocenters. The molecule has 1 aliphatic rings. The van der Waals surface area contributed by atoms with E-state index in [0.717, 1.165) is 35.3 Å². The number of hydrogen-bond donors (Lipinski definition) is 1. The van der Waals surface area contributed by atoms with Crippen LogP contribution in [0.15, 0.2) is 28.9 Å². The van der Waals surface area contributed by atoms with Crippen molar-refractivity contribution in [2.24, 2.45) is 11.8 Å². The van der Waals surface area contributed by atoms with Gasteiger partial charge in [0, 0.05) is 31.4 Å². The van der Waals surface area contributed by atoms with Crippen LogP contribution in [0.2, 0.25) is 0 Å². The van der Waals surface area contributed by atoms with Crippen LogP contribution in [0.1, 0.15) is 43.0 Å². The lowest BCUT2D eigenvalue weighted by molar-refractivity contribution is -0.147. The molecule has 0 aliphatic carbocycles. The molecule has 1 N–H and O–H groups in total. The van der Waals surface area contributed by atoms with Gasteiger partial charge in [-0.3, -0.25) is 14.7 Å². The standard InChI is InChI=1S/C27H34N4O4/c1-6-19-12-20(10-18(5)24(19)34-8-7-31-14-22(15-31)27(32)33)25-29-26(35-30-25)23-11-17(4)21(13-28-23)9-16(2)3/h10-13,16,22H,6-9,14-15H2,1-5H3,(H,32,33). The van der Waals surface area contributed by atoms with E-state index in [1.165, 1.54) is 11.1 Å². The Kier molecular flexibility index (Phi) is 7.50. The van der Waals surface area contributed by atoms with Gasteiger partial charge in [-0.05, 0) is 73.1 Å². The molecule has 0 amide bonds. The van der Waals surface area contributed by atoms with E-state index < -0.39 is 5.97 Å². The molecule has 0 bridgehead atoms. The van der Waals surface area contributed by atoms with Crippen molar-refractivity contribution in [2.45, 2.75) is 47.5 Å². The summed E-state index contributed by atoms with van der Waals surface area (Å²) in [5.41, 5.74) is 6.04. The van der Waals surface area contributed by atoms with Crippen molar-refractivity contribution in [3.05, 3.63) is 46.6 Å². The predicted octanol–water partition coefficient (Wildman–Crippen LogP) is 4.57. The number of aromatic nitrogens is 3. The Morgan fingerprint density at radius 2 is 1.97 bits per heavy atom. The maximum atomic E-state index is 11.0. The molecule has 1 saturated heterocycles. The molecule has 0 atom stereocenters. The van der Waals surface area contributed by atoms with Crippen molar-refractivity contribution in [1.82, 2.24) is 20.0 Å². The first-order chi connectivity index (χ1) is 16.7. The number of carboxylic acid groups (broad SMARTS) is 1. The molecular formula is C27H34N4O4. The van der Waals surface area contributed by atoms with Crippen molar-refractivity contribution >= 4 is 5.97 Å². The summed E-state index contributed by atoms with van der Waals surface area (Å²) >= 11 is 0. The monoisotopic (exact) mass is 478 g/mol. The van der Waals surface area contributed by atoms with Crippen LogP contribution in [0, 0.1) is 25.7 Å². The number of aryl methyl sites for hydroxylation is 3. The number of rotatable bonds is 10.